The Balaban J connectivity index is 1.59. The summed E-state index contributed by atoms with van der Waals surface area (Å²) in [6.07, 6.45) is 4.12. The second-order valence-electron chi connectivity index (χ2n) is 6.31. The molecule has 0 amide bonds. The van der Waals surface area contributed by atoms with Gasteiger partial charge >= 0.3 is 0 Å². The van der Waals surface area contributed by atoms with Crippen LogP contribution in [-0.2, 0) is 10.0 Å². The number of Topliss-reactive ketones (excluding diaryl/α,β-unsaturated/α-hetero) is 1. The fourth-order valence-electron chi connectivity index (χ4n) is 3.09. The summed E-state index contributed by atoms with van der Waals surface area (Å²) in [5.74, 6) is 0.254. The van der Waals surface area contributed by atoms with Crippen LogP contribution in [0, 0.1) is 0 Å². The zero-order valence-electron chi connectivity index (χ0n) is 14.0. The number of ketones is 1. The van der Waals surface area contributed by atoms with Crippen molar-refractivity contribution < 1.29 is 13.2 Å². The fourth-order valence-corrected chi connectivity index (χ4v) is 5.75. The summed E-state index contributed by atoms with van der Waals surface area (Å²) in [7, 11) is -3.43. The van der Waals surface area contributed by atoms with E-state index in [0.29, 0.717) is 18.7 Å². The number of sulfonamides is 1. The van der Waals surface area contributed by atoms with E-state index in [4.69, 9.17) is 12.2 Å². The highest BCUT2D eigenvalue weighted by atomic mass is 32.2. The lowest BCUT2D eigenvalue weighted by Crippen LogP contribution is -2.27. The first-order chi connectivity index (χ1) is 12.0. The Morgan fingerprint density at radius 2 is 1.56 bits per heavy atom. The Morgan fingerprint density at radius 3 is 2.16 bits per heavy atom. The maximum atomic E-state index is 12.5. The molecule has 0 radical (unpaired) electrons. The molecule has 25 heavy (non-hydrogen) atoms. The summed E-state index contributed by atoms with van der Waals surface area (Å²) < 4.78 is 27.3. The minimum Gasteiger partial charge on any atom is -0.358 e. The molecule has 0 unspecified atom stereocenters. The first kappa shape index (κ1) is 18.8. The van der Waals surface area contributed by atoms with Crippen LogP contribution in [0.3, 0.4) is 0 Å². The third-order valence-electron chi connectivity index (χ3n) is 4.57. The molecule has 2 aliphatic rings. The van der Waals surface area contributed by atoms with Gasteiger partial charge in [-0.1, -0.05) is 36.1 Å². The summed E-state index contributed by atoms with van der Waals surface area (Å²) >= 11 is 6.75. The van der Waals surface area contributed by atoms with E-state index in [-0.39, 0.29) is 16.4 Å². The molecule has 2 heterocycles. The SMILES string of the molecule is O=C(CSC(=S)N1CCCC1)c1ccc(S(=O)(=O)N2CCCC2)cc1. The van der Waals surface area contributed by atoms with Crippen LogP contribution >= 0.6 is 24.0 Å². The highest BCUT2D eigenvalue weighted by Crippen LogP contribution is 2.22. The Bertz CT molecular complexity index is 735. The molecule has 8 heteroatoms. The monoisotopic (exact) mass is 398 g/mol. The van der Waals surface area contributed by atoms with Gasteiger partial charge in [0.1, 0.15) is 4.32 Å². The minimum atomic E-state index is -3.43. The highest BCUT2D eigenvalue weighted by molar-refractivity contribution is 8.23. The molecule has 3 rings (SSSR count). The van der Waals surface area contributed by atoms with E-state index >= 15 is 0 Å². The van der Waals surface area contributed by atoms with Crippen LogP contribution in [-0.4, -0.2) is 59.7 Å². The van der Waals surface area contributed by atoms with Crippen molar-refractivity contribution in [1.29, 1.82) is 0 Å². The predicted molar refractivity (Wildman–Crippen MR) is 105 cm³/mol. The maximum Gasteiger partial charge on any atom is 0.243 e. The fraction of sp³-hybridized carbons (Fsp3) is 0.529. The maximum absolute atomic E-state index is 12.5. The molecule has 0 aromatic heterocycles. The number of likely N-dealkylation sites (tertiary alicyclic amines) is 1. The van der Waals surface area contributed by atoms with Crippen LogP contribution in [0.2, 0.25) is 0 Å². The van der Waals surface area contributed by atoms with Crippen molar-refractivity contribution >= 4 is 44.1 Å². The number of carbonyl (C=O) groups excluding carboxylic acids is 1. The lowest BCUT2D eigenvalue weighted by Gasteiger charge is -2.17. The number of thiocarbonyl (C=S) groups is 1. The third kappa shape index (κ3) is 4.42. The number of hydrogen-bond donors (Lipinski definition) is 0. The quantitative estimate of drug-likeness (QED) is 0.562. The van der Waals surface area contributed by atoms with Crippen molar-refractivity contribution in [2.24, 2.45) is 0 Å². The Kier molecular flexibility index (Phi) is 6.14. The lowest BCUT2D eigenvalue weighted by atomic mass is 10.1. The van der Waals surface area contributed by atoms with Gasteiger partial charge in [0.2, 0.25) is 10.0 Å². The molecular formula is C17H22N2O3S3. The second-order valence-corrected chi connectivity index (χ2v) is 9.85. The Morgan fingerprint density at radius 1 is 1.00 bits per heavy atom. The van der Waals surface area contributed by atoms with Crippen LogP contribution in [0.4, 0.5) is 0 Å². The van der Waals surface area contributed by atoms with Gasteiger partial charge in [-0.2, -0.15) is 4.31 Å². The van der Waals surface area contributed by atoms with Crippen molar-refractivity contribution in [2.75, 3.05) is 31.9 Å². The van der Waals surface area contributed by atoms with Gasteiger partial charge < -0.3 is 4.90 Å². The topological polar surface area (TPSA) is 57.7 Å². The molecule has 2 saturated heterocycles. The molecular weight excluding hydrogens is 376 g/mol. The normalized spacial score (nSPS) is 18.6. The summed E-state index contributed by atoms with van der Waals surface area (Å²) in [5.41, 5.74) is 0.525. The van der Waals surface area contributed by atoms with E-state index < -0.39 is 10.0 Å². The molecule has 0 N–H and O–H groups in total. The zero-order valence-corrected chi connectivity index (χ0v) is 16.5. The van der Waals surface area contributed by atoms with Gasteiger partial charge in [-0.05, 0) is 37.8 Å². The summed E-state index contributed by atoms with van der Waals surface area (Å²) in [6, 6.07) is 6.27. The van der Waals surface area contributed by atoms with Crippen molar-refractivity contribution in [2.45, 2.75) is 30.6 Å². The Labute approximate surface area is 158 Å². The standard InChI is InChI=1S/C17H22N2O3S3/c20-16(13-24-17(23)18-9-1-2-10-18)14-5-7-15(8-6-14)25(21,22)19-11-3-4-12-19/h5-8H,1-4,9-13H2. The average molecular weight is 399 g/mol. The molecule has 2 aliphatic heterocycles. The first-order valence-electron chi connectivity index (χ1n) is 8.53. The van der Waals surface area contributed by atoms with Crippen LogP contribution in [0.15, 0.2) is 29.2 Å². The van der Waals surface area contributed by atoms with E-state index in [1.807, 2.05) is 0 Å². The smallest absolute Gasteiger partial charge is 0.243 e. The largest absolute Gasteiger partial charge is 0.358 e. The molecule has 0 bridgehead atoms. The summed E-state index contributed by atoms with van der Waals surface area (Å²) in [6.45, 7) is 3.10. The Hall–Kier alpha value is -0.960. The zero-order chi connectivity index (χ0) is 17.9. The van der Waals surface area contributed by atoms with Crippen LogP contribution in [0.25, 0.3) is 0 Å². The summed E-state index contributed by atoms with van der Waals surface area (Å²) in [4.78, 5) is 14.7. The van der Waals surface area contributed by atoms with Crippen molar-refractivity contribution in [1.82, 2.24) is 9.21 Å². The van der Waals surface area contributed by atoms with Crippen molar-refractivity contribution in [3.8, 4) is 0 Å². The average Bonchev–Trinajstić information content (AvgIpc) is 3.33. The van der Waals surface area contributed by atoms with E-state index in [1.165, 1.54) is 28.2 Å². The third-order valence-corrected chi connectivity index (χ3v) is 8.01. The molecule has 1 aromatic rings. The first-order valence-corrected chi connectivity index (χ1v) is 11.4. The van der Waals surface area contributed by atoms with Gasteiger partial charge in [-0.15, -0.1) is 0 Å². The number of nitrogens with zero attached hydrogens (tertiary/aromatic N) is 2. The van der Waals surface area contributed by atoms with Crippen molar-refractivity contribution in [3.63, 3.8) is 0 Å². The number of thioether (sulfide) groups is 1. The molecule has 0 spiro atoms. The molecule has 0 aliphatic carbocycles. The van der Waals surface area contributed by atoms with Gasteiger partial charge in [0.05, 0.1) is 10.6 Å². The van der Waals surface area contributed by atoms with Crippen LogP contribution in [0.1, 0.15) is 36.0 Å². The van der Waals surface area contributed by atoms with Gasteiger partial charge in [0.15, 0.2) is 5.78 Å². The highest BCUT2D eigenvalue weighted by Gasteiger charge is 2.27. The van der Waals surface area contributed by atoms with Crippen LogP contribution in [0.5, 0.6) is 0 Å². The van der Waals surface area contributed by atoms with Crippen LogP contribution < -0.4 is 0 Å². The molecule has 136 valence electrons. The van der Waals surface area contributed by atoms with Gasteiger partial charge in [0.25, 0.3) is 0 Å². The number of benzene rings is 1. The number of hydrogen-bond acceptors (Lipinski definition) is 5. The van der Waals surface area contributed by atoms with E-state index in [2.05, 4.69) is 4.90 Å². The molecule has 5 nitrogen and oxygen atoms in total. The van der Waals surface area contributed by atoms with Gasteiger partial charge in [-0.25, -0.2) is 8.42 Å². The van der Waals surface area contributed by atoms with E-state index in [9.17, 15) is 13.2 Å². The lowest BCUT2D eigenvalue weighted by molar-refractivity contribution is 0.102. The summed E-state index contributed by atoms with van der Waals surface area (Å²) in [5, 5.41) is 0. The molecule has 2 fully saturated rings. The van der Waals surface area contributed by atoms with E-state index in [1.54, 1.807) is 12.1 Å². The second kappa shape index (κ2) is 8.16. The predicted octanol–water partition coefficient (Wildman–Crippen LogP) is 2.77. The molecule has 0 atom stereocenters. The van der Waals surface area contributed by atoms with E-state index in [0.717, 1.165) is 43.1 Å². The number of rotatable bonds is 5. The van der Waals surface area contributed by atoms with Gasteiger partial charge in [-0.3, -0.25) is 4.79 Å². The molecule has 0 saturated carbocycles. The minimum absolute atomic E-state index is 0.0309. The van der Waals surface area contributed by atoms with Crippen molar-refractivity contribution in [3.05, 3.63) is 29.8 Å². The van der Waals surface area contributed by atoms with Gasteiger partial charge in [0, 0.05) is 31.7 Å². The number of carbonyl (C=O) groups is 1. The molecule has 1 aromatic carbocycles.